The van der Waals surface area contributed by atoms with Crippen LogP contribution >= 0.6 is 24.0 Å². The summed E-state index contributed by atoms with van der Waals surface area (Å²) in [6, 6.07) is 6.75. The van der Waals surface area contributed by atoms with Gasteiger partial charge in [0.05, 0.1) is 11.4 Å². The second-order valence-electron chi connectivity index (χ2n) is 8.02. The Hall–Kier alpha value is -1.60. The molecular formula is C19H32IN5O4S. The van der Waals surface area contributed by atoms with Crippen LogP contribution in [0.4, 0.5) is 4.79 Å². The lowest BCUT2D eigenvalue weighted by Crippen LogP contribution is -2.53. The van der Waals surface area contributed by atoms with Gasteiger partial charge in [0.15, 0.2) is 5.96 Å². The number of sulfonamides is 1. The molecule has 1 aromatic carbocycles. The van der Waals surface area contributed by atoms with E-state index in [1.54, 1.807) is 29.2 Å². The van der Waals surface area contributed by atoms with Crippen molar-refractivity contribution in [2.24, 2.45) is 10.7 Å². The molecule has 0 bridgehead atoms. The molecule has 1 aliphatic rings. The maximum Gasteiger partial charge on any atom is 0.410 e. The Morgan fingerprint density at radius 2 is 1.67 bits per heavy atom. The van der Waals surface area contributed by atoms with Gasteiger partial charge in [0, 0.05) is 40.3 Å². The number of rotatable bonds is 4. The van der Waals surface area contributed by atoms with Crippen LogP contribution in [0.25, 0.3) is 0 Å². The zero-order chi connectivity index (χ0) is 21.8. The topological polar surface area (TPSA) is 109 Å². The third kappa shape index (κ3) is 6.98. The second kappa shape index (κ2) is 10.6. The van der Waals surface area contributed by atoms with Gasteiger partial charge in [-0.15, -0.1) is 24.0 Å². The van der Waals surface area contributed by atoms with Crippen molar-refractivity contribution >= 4 is 46.1 Å². The van der Waals surface area contributed by atoms with Crippen molar-refractivity contribution in [2.45, 2.75) is 37.8 Å². The maximum absolute atomic E-state index is 12.5. The molecule has 1 heterocycles. The Morgan fingerprint density at radius 3 is 2.20 bits per heavy atom. The van der Waals surface area contributed by atoms with Crippen LogP contribution in [-0.2, 0) is 21.3 Å². The molecule has 1 fully saturated rings. The fraction of sp³-hybridized carbons (Fsp3) is 0.579. The first-order chi connectivity index (χ1) is 13.4. The number of piperazine rings is 1. The molecule has 1 saturated heterocycles. The van der Waals surface area contributed by atoms with Crippen molar-refractivity contribution in [3.63, 3.8) is 0 Å². The Balaban J connectivity index is 0.00000450. The second-order valence-corrected chi connectivity index (χ2v) is 10.1. The highest BCUT2D eigenvalue weighted by Gasteiger charge is 2.26. The number of nitrogens with zero attached hydrogens (tertiary/aromatic N) is 4. The number of benzene rings is 1. The van der Waals surface area contributed by atoms with Gasteiger partial charge in [0.1, 0.15) is 5.60 Å². The average molecular weight is 553 g/mol. The number of ether oxygens (including phenoxy) is 1. The highest BCUT2D eigenvalue weighted by molar-refractivity contribution is 14.0. The molecule has 1 aromatic rings. The van der Waals surface area contributed by atoms with Gasteiger partial charge in [-0.05, 0) is 32.4 Å². The first-order valence-electron chi connectivity index (χ1n) is 9.45. The molecule has 0 radical (unpaired) electrons. The van der Waals surface area contributed by atoms with E-state index in [-0.39, 0.29) is 41.5 Å². The summed E-state index contributed by atoms with van der Waals surface area (Å²) in [5.74, 6) is 0.325. The van der Waals surface area contributed by atoms with Gasteiger partial charge in [-0.1, -0.05) is 18.2 Å². The molecule has 0 atom stereocenters. The molecule has 2 N–H and O–H groups in total. The van der Waals surface area contributed by atoms with Crippen molar-refractivity contribution in [3.05, 3.63) is 29.8 Å². The Morgan fingerprint density at radius 1 is 1.13 bits per heavy atom. The van der Waals surface area contributed by atoms with Crippen LogP contribution in [0, 0.1) is 0 Å². The molecule has 1 amide bonds. The summed E-state index contributed by atoms with van der Waals surface area (Å²) in [4.78, 5) is 20.3. The number of carbonyl (C=O) groups is 1. The molecule has 2 rings (SSSR count). The van der Waals surface area contributed by atoms with E-state index in [0.29, 0.717) is 37.7 Å². The zero-order valence-corrected chi connectivity index (χ0v) is 21.3. The fourth-order valence-corrected chi connectivity index (χ4v) is 3.90. The third-order valence-electron chi connectivity index (χ3n) is 4.40. The van der Waals surface area contributed by atoms with E-state index in [9.17, 15) is 13.2 Å². The number of halogens is 1. The SMILES string of the molecule is CN(C)S(=O)(=O)c1ccccc1CN=C(N)N1CCN(C(=O)OC(C)(C)C)CC1.I. The van der Waals surface area contributed by atoms with Gasteiger partial charge in [-0.3, -0.25) is 0 Å². The summed E-state index contributed by atoms with van der Waals surface area (Å²) < 4.78 is 31.5. The maximum atomic E-state index is 12.5. The molecule has 0 aromatic heterocycles. The van der Waals surface area contributed by atoms with Gasteiger partial charge >= 0.3 is 6.09 Å². The zero-order valence-electron chi connectivity index (χ0n) is 18.2. The minimum atomic E-state index is -3.56. The van der Waals surface area contributed by atoms with E-state index >= 15 is 0 Å². The van der Waals surface area contributed by atoms with Gasteiger partial charge in [0.2, 0.25) is 10.0 Å². The van der Waals surface area contributed by atoms with E-state index < -0.39 is 15.6 Å². The number of carbonyl (C=O) groups excluding carboxylic acids is 1. The summed E-state index contributed by atoms with van der Waals surface area (Å²) in [6.07, 6.45) is -0.338. The van der Waals surface area contributed by atoms with Crippen LogP contribution in [0.1, 0.15) is 26.3 Å². The Kier molecular flexibility index (Phi) is 9.36. The fourth-order valence-electron chi connectivity index (χ4n) is 2.79. The summed E-state index contributed by atoms with van der Waals surface area (Å²) in [6.45, 7) is 7.69. The van der Waals surface area contributed by atoms with Gasteiger partial charge in [-0.2, -0.15) is 0 Å². The first kappa shape index (κ1) is 26.4. The molecule has 30 heavy (non-hydrogen) atoms. The van der Waals surface area contributed by atoms with Crippen LogP contribution in [-0.4, -0.2) is 80.5 Å². The van der Waals surface area contributed by atoms with E-state index in [4.69, 9.17) is 10.5 Å². The predicted molar refractivity (Wildman–Crippen MR) is 127 cm³/mol. The lowest BCUT2D eigenvalue weighted by Gasteiger charge is -2.36. The lowest BCUT2D eigenvalue weighted by molar-refractivity contribution is 0.0186. The molecule has 0 spiro atoms. The minimum absolute atomic E-state index is 0. The lowest BCUT2D eigenvalue weighted by atomic mass is 10.2. The first-order valence-corrected chi connectivity index (χ1v) is 10.9. The highest BCUT2D eigenvalue weighted by atomic mass is 127. The molecule has 170 valence electrons. The molecular weight excluding hydrogens is 521 g/mol. The molecule has 9 nitrogen and oxygen atoms in total. The molecule has 11 heteroatoms. The number of amides is 1. The van der Waals surface area contributed by atoms with Gasteiger partial charge < -0.3 is 20.3 Å². The number of nitrogens with two attached hydrogens (primary N) is 1. The number of aliphatic imine (C=N–C) groups is 1. The van der Waals surface area contributed by atoms with Crippen molar-refractivity contribution in [1.29, 1.82) is 0 Å². The molecule has 1 aliphatic heterocycles. The van der Waals surface area contributed by atoms with E-state index in [1.807, 2.05) is 25.7 Å². The number of hydrogen-bond donors (Lipinski definition) is 1. The van der Waals surface area contributed by atoms with Gasteiger partial charge in [0.25, 0.3) is 0 Å². The molecule has 0 unspecified atom stereocenters. The van der Waals surface area contributed by atoms with Crippen molar-refractivity contribution in [2.75, 3.05) is 40.3 Å². The minimum Gasteiger partial charge on any atom is -0.444 e. The standard InChI is InChI=1S/C19H31N5O4S.HI/c1-19(2,3)28-18(25)24-12-10-23(11-13-24)17(20)21-14-15-8-6-7-9-16(15)29(26,27)22(4)5;/h6-9H,10-14H2,1-5H3,(H2,20,21);1H. The largest absolute Gasteiger partial charge is 0.444 e. The van der Waals surface area contributed by atoms with Crippen LogP contribution in [0.2, 0.25) is 0 Å². The van der Waals surface area contributed by atoms with Crippen molar-refractivity contribution in [3.8, 4) is 0 Å². The monoisotopic (exact) mass is 553 g/mol. The highest BCUT2D eigenvalue weighted by Crippen LogP contribution is 2.19. The van der Waals surface area contributed by atoms with E-state index in [2.05, 4.69) is 4.99 Å². The smallest absolute Gasteiger partial charge is 0.410 e. The van der Waals surface area contributed by atoms with E-state index in [0.717, 1.165) is 0 Å². The van der Waals surface area contributed by atoms with Crippen molar-refractivity contribution in [1.82, 2.24) is 14.1 Å². The van der Waals surface area contributed by atoms with Crippen LogP contribution in [0.15, 0.2) is 34.2 Å². The number of hydrogen-bond acceptors (Lipinski definition) is 5. The Bertz CT molecular complexity index is 860. The quantitative estimate of drug-likeness (QED) is 0.347. The van der Waals surface area contributed by atoms with Crippen LogP contribution in [0.3, 0.4) is 0 Å². The normalized spacial score (nSPS) is 15.7. The summed E-state index contributed by atoms with van der Waals surface area (Å²) >= 11 is 0. The van der Waals surface area contributed by atoms with E-state index in [1.165, 1.54) is 18.4 Å². The molecule has 0 aliphatic carbocycles. The van der Waals surface area contributed by atoms with Crippen LogP contribution in [0.5, 0.6) is 0 Å². The third-order valence-corrected chi connectivity index (χ3v) is 6.31. The van der Waals surface area contributed by atoms with Crippen LogP contribution < -0.4 is 5.73 Å². The van der Waals surface area contributed by atoms with Gasteiger partial charge in [-0.25, -0.2) is 22.5 Å². The average Bonchev–Trinajstić information content (AvgIpc) is 2.65. The molecule has 0 saturated carbocycles. The summed E-state index contributed by atoms with van der Waals surface area (Å²) in [7, 11) is -0.573. The Labute approximate surface area is 196 Å². The summed E-state index contributed by atoms with van der Waals surface area (Å²) in [5.41, 5.74) is 6.17. The number of guanidine groups is 1. The predicted octanol–water partition coefficient (Wildman–Crippen LogP) is 1.92. The van der Waals surface area contributed by atoms with Crippen molar-refractivity contribution < 1.29 is 17.9 Å². The summed E-state index contributed by atoms with van der Waals surface area (Å²) in [5, 5.41) is 0.